The fraction of sp³-hybridized carbons (Fsp3) is 0.400. The van der Waals surface area contributed by atoms with E-state index in [1.54, 1.807) is 29.2 Å². The maximum Gasteiger partial charge on any atom is 0.253 e. The Morgan fingerprint density at radius 1 is 0.938 bits per heavy atom. The number of para-hydroxylation sites is 2. The second kappa shape index (κ2) is 8.94. The molecule has 2 fully saturated rings. The standard InChI is InChI=1S/C25H26ClN3O3/c26-20-9-7-18(8-10-20)24(30)29-13-3-4-19(16-29)25(31)28-14-11-17(12-15-28)23-27-21-5-1-2-6-22(21)32-23/h1-2,5-10,17,19H,3-4,11-16H2. The van der Waals surface area contributed by atoms with E-state index in [1.807, 2.05) is 29.2 Å². The SMILES string of the molecule is O=C(c1ccc(Cl)cc1)N1CCCC(C(=O)N2CCC(c3nc4ccccc4o3)CC2)C1. The number of hydrogen-bond acceptors (Lipinski definition) is 4. The van der Waals surface area contributed by atoms with Crippen LogP contribution in [0.1, 0.15) is 47.8 Å². The fourth-order valence-electron chi connectivity index (χ4n) is 4.81. The number of carbonyl (C=O) groups excluding carboxylic acids is 2. The van der Waals surface area contributed by atoms with Crippen LogP contribution in [0, 0.1) is 5.92 Å². The minimum atomic E-state index is -0.138. The molecule has 0 saturated carbocycles. The lowest BCUT2D eigenvalue weighted by molar-refractivity contribution is -0.138. The Bertz CT molecular complexity index is 1090. The molecule has 2 aliphatic heterocycles. The highest BCUT2D eigenvalue weighted by molar-refractivity contribution is 6.30. The van der Waals surface area contributed by atoms with E-state index < -0.39 is 0 Å². The molecule has 2 saturated heterocycles. The van der Waals surface area contributed by atoms with Crippen molar-refractivity contribution in [2.75, 3.05) is 26.2 Å². The first-order valence-corrected chi connectivity index (χ1v) is 11.7. The van der Waals surface area contributed by atoms with Crippen molar-refractivity contribution in [1.82, 2.24) is 14.8 Å². The van der Waals surface area contributed by atoms with Gasteiger partial charge in [-0.2, -0.15) is 0 Å². The molecule has 3 heterocycles. The number of piperidine rings is 2. The molecule has 0 aliphatic carbocycles. The summed E-state index contributed by atoms with van der Waals surface area (Å²) in [5, 5.41) is 0.606. The molecule has 1 aromatic heterocycles. The van der Waals surface area contributed by atoms with Gasteiger partial charge in [0.05, 0.1) is 5.92 Å². The van der Waals surface area contributed by atoms with E-state index in [0.29, 0.717) is 36.8 Å². The number of amides is 2. The molecule has 2 aromatic carbocycles. The smallest absolute Gasteiger partial charge is 0.253 e. The van der Waals surface area contributed by atoms with Gasteiger partial charge in [0.25, 0.3) is 5.91 Å². The Morgan fingerprint density at radius 2 is 1.69 bits per heavy atom. The molecule has 7 heteroatoms. The average molecular weight is 452 g/mol. The van der Waals surface area contributed by atoms with Crippen molar-refractivity contribution in [1.29, 1.82) is 0 Å². The van der Waals surface area contributed by atoms with Crippen LogP contribution in [0.3, 0.4) is 0 Å². The lowest BCUT2D eigenvalue weighted by Crippen LogP contribution is -2.48. The Hall–Kier alpha value is -2.86. The first kappa shape index (κ1) is 21.0. The molecule has 1 atom stereocenters. The average Bonchev–Trinajstić information content (AvgIpc) is 3.28. The molecule has 6 nitrogen and oxygen atoms in total. The van der Waals surface area contributed by atoms with Gasteiger partial charge in [0, 0.05) is 42.7 Å². The maximum atomic E-state index is 13.2. The van der Waals surface area contributed by atoms with E-state index in [9.17, 15) is 9.59 Å². The predicted molar refractivity (Wildman–Crippen MR) is 123 cm³/mol. The summed E-state index contributed by atoms with van der Waals surface area (Å²) < 4.78 is 5.94. The Labute approximate surface area is 192 Å². The summed E-state index contributed by atoms with van der Waals surface area (Å²) in [6.07, 6.45) is 3.36. The molecule has 2 aliphatic rings. The summed E-state index contributed by atoms with van der Waals surface area (Å²) >= 11 is 5.94. The van der Waals surface area contributed by atoms with Gasteiger partial charge in [-0.15, -0.1) is 0 Å². The van der Waals surface area contributed by atoms with Crippen LogP contribution in [0.2, 0.25) is 5.02 Å². The van der Waals surface area contributed by atoms with E-state index in [2.05, 4.69) is 4.98 Å². The number of rotatable bonds is 3. The molecule has 166 valence electrons. The number of fused-ring (bicyclic) bond motifs is 1. The zero-order chi connectivity index (χ0) is 22.1. The van der Waals surface area contributed by atoms with Gasteiger partial charge >= 0.3 is 0 Å². The van der Waals surface area contributed by atoms with Crippen molar-refractivity contribution in [3.05, 3.63) is 65.0 Å². The number of aromatic nitrogens is 1. The van der Waals surface area contributed by atoms with Crippen LogP contribution in [0.15, 0.2) is 52.9 Å². The first-order chi connectivity index (χ1) is 15.6. The van der Waals surface area contributed by atoms with Crippen molar-refractivity contribution in [2.45, 2.75) is 31.6 Å². The number of halogens is 1. The van der Waals surface area contributed by atoms with E-state index in [-0.39, 0.29) is 23.7 Å². The van der Waals surface area contributed by atoms with Gasteiger partial charge in [-0.25, -0.2) is 4.98 Å². The zero-order valence-corrected chi connectivity index (χ0v) is 18.6. The molecule has 5 rings (SSSR count). The number of carbonyl (C=O) groups is 2. The molecule has 0 spiro atoms. The molecular weight excluding hydrogens is 426 g/mol. The number of hydrogen-bond donors (Lipinski definition) is 0. The largest absolute Gasteiger partial charge is 0.440 e. The normalized spacial score (nSPS) is 20.0. The summed E-state index contributed by atoms with van der Waals surface area (Å²) in [6.45, 7) is 2.56. The van der Waals surface area contributed by atoms with Crippen LogP contribution in [0.5, 0.6) is 0 Å². The van der Waals surface area contributed by atoms with Crippen LogP contribution in [-0.4, -0.2) is 52.8 Å². The number of benzene rings is 2. The van der Waals surface area contributed by atoms with Crippen LogP contribution < -0.4 is 0 Å². The predicted octanol–water partition coefficient (Wildman–Crippen LogP) is 4.74. The summed E-state index contributed by atoms with van der Waals surface area (Å²) in [5.74, 6) is 1.00. The first-order valence-electron chi connectivity index (χ1n) is 11.3. The molecule has 0 radical (unpaired) electrons. The Morgan fingerprint density at radius 3 is 2.44 bits per heavy atom. The Balaban J connectivity index is 1.19. The summed E-state index contributed by atoms with van der Waals surface area (Å²) in [6, 6.07) is 14.7. The number of likely N-dealkylation sites (tertiary alicyclic amines) is 2. The zero-order valence-electron chi connectivity index (χ0n) is 17.9. The van der Waals surface area contributed by atoms with Crippen LogP contribution in [-0.2, 0) is 4.79 Å². The third-order valence-corrected chi connectivity index (χ3v) is 6.87. The van der Waals surface area contributed by atoms with Gasteiger partial charge in [-0.05, 0) is 62.1 Å². The molecule has 0 N–H and O–H groups in total. The summed E-state index contributed by atoms with van der Waals surface area (Å²) in [4.78, 5) is 34.5. The summed E-state index contributed by atoms with van der Waals surface area (Å²) in [7, 11) is 0. The van der Waals surface area contributed by atoms with E-state index in [4.69, 9.17) is 16.0 Å². The van der Waals surface area contributed by atoms with Crippen LogP contribution >= 0.6 is 11.6 Å². The van der Waals surface area contributed by atoms with Crippen LogP contribution in [0.4, 0.5) is 0 Å². The van der Waals surface area contributed by atoms with Gasteiger partial charge < -0.3 is 14.2 Å². The highest BCUT2D eigenvalue weighted by Gasteiger charge is 2.34. The van der Waals surface area contributed by atoms with E-state index in [1.165, 1.54) is 0 Å². The molecule has 2 amide bonds. The fourth-order valence-corrected chi connectivity index (χ4v) is 4.93. The maximum absolute atomic E-state index is 13.2. The van der Waals surface area contributed by atoms with Gasteiger partial charge in [-0.3, -0.25) is 9.59 Å². The summed E-state index contributed by atoms with van der Waals surface area (Å²) in [5.41, 5.74) is 2.31. The quantitative estimate of drug-likeness (QED) is 0.576. The highest BCUT2D eigenvalue weighted by atomic mass is 35.5. The molecule has 0 bridgehead atoms. The van der Waals surface area contributed by atoms with Gasteiger partial charge in [0.15, 0.2) is 11.5 Å². The highest BCUT2D eigenvalue weighted by Crippen LogP contribution is 2.31. The topological polar surface area (TPSA) is 66.7 Å². The van der Waals surface area contributed by atoms with Crippen molar-refractivity contribution in [3.63, 3.8) is 0 Å². The number of oxazole rings is 1. The number of nitrogens with zero attached hydrogens (tertiary/aromatic N) is 3. The molecule has 3 aromatic rings. The van der Waals surface area contributed by atoms with Crippen LogP contribution in [0.25, 0.3) is 11.1 Å². The molecule has 1 unspecified atom stereocenters. The van der Waals surface area contributed by atoms with Crippen molar-refractivity contribution in [2.24, 2.45) is 5.92 Å². The lowest BCUT2D eigenvalue weighted by Gasteiger charge is -2.37. The van der Waals surface area contributed by atoms with Gasteiger partial charge in [0.1, 0.15) is 5.52 Å². The van der Waals surface area contributed by atoms with Crippen molar-refractivity contribution in [3.8, 4) is 0 Å². The second-order valence-corrected chi connectivity index (χ2v) is 9.15. The van der Waals surface area contributed by atoms with Gasteiger partial charge in [0.2, 0.25) is 5.91 Å². The third-order valence-electron chi connectivity index (χ3n) is 6.62. The lowest BCUT2D eigenvalue weighted by atomic mass is 9.92. The van der Waals surface area contributed by atoms with E-state index in [0.717, 1.165) is 42.7 Å². The molecular formula is C25H26ClN3O3. The minimum absolute atomic E-state index is 0.0335. The molecule has 32 heavy (non-hydrogen) atoms. The van der Waals surface area contributed by atoms with Crippen molar-refractivity contribution < 1.29 is 14.0 Å². The van der Waals surface area contributed by atoms with E-state index >= 15 is 0 Å². The van der Waals surface area contributed by atoms with Gasteiger partial charge in [-0.1, -0.05) is 23.7 Å². The Kier molecular flexibility index (Phi) is 5.87. The monoisotopic (exact) mass is 451 g/mol. The minimum Gasteiger partial charge on any atom is -0.440 e. The second-order valence-electron chi connectivity index (χ2n) is 8.72. The third kappa shape index (κ3) is 4.24. The van der Waals surface area contributed by atoms with Crippen molar-refractivity contribution >= 4 is 34.5 Å².